The Bertz CT molecular complexity index is 968. The third kappa shape index (κ3) is 3.74. The number of hydrogen-bond acceptors (Lipinski definition) is 6. The number of ether oxygens (including phenoxy) is 1. The molecule has 0 aliphatic rings. The van der Waals surface area contributed by atoms with Gasteiger partial charge in [-0.3, -0.25) is 20.2 Å². The molecule has 0 radical (unpaired) electrons. The Hall–Kier alpha value is -3.00. The van der Waals surface area contributed by atoms with E-state index in [-0.39, 0.29) is 18.0 Å². The molecule has 8 heteroatoms. The number of rotatable bonds is 5. The number of carbonyl (C=O) groups is 1. The van der Waals surface area contributed by atoms with Gasteiger partial charge in [-0.25, -0.2) is 4.98 Å². The zero-order chi connectivity index (χ0) is 18.0. The van der Waals surface area contributed by atoms with Crippen LogP contribution in [0.25, 0.3) is 10.2 Å². The molecule has 1 heterocycles. The highest BCUT2D eigenvalue weighted by molar-refractivity contribution is 7.22. The van der Waals surface area contributed by atoms with Crippen LogP contribution in [-0.4, -0.2) is 22.4 Å². The van der Waals surface area contributed by atoms with Crippen LogP contribution in [0.2, 0.25) is 0 Å². The average molecular weight is 357 g/mol. The van der Waals surface area contributed by atoms with Crippen LogP contribution in [0, 0.1) is 24.0 Å². The second kappa shape index (κ2) is 6.86. The molecule has 25 heavy (non-hydrogen) atoms. The zero-order valence-corrected chi connectivity index (χ0v) is 14.4. The van der Waals surface area contributed by atoms with Crippen LogP contribution in [0.15, 0.2) is 36.4 Å². The number of nitro groups is 1. The minimum absolute atomic E-state index is 0.0541. The van der Waals surface area contributed by atoms with Crippen LogP contribution < -0.4 is 10.1 Å². The lowest BCUT2D eigenvalue weighted by Crippen LogP contribution is -2.20. The van der Waals surface area contributed by atoms with Crippen LogP contribution >= 0.6 is 11.3 Å². The standard InChI is InChI=1S/C17H15N3O4S/c1-10-7-11(2)16-14(8-10)25-17(19-16)18-15(21)9-24-13-6-4-3-5-12(13)20(22)23/h3-8H,9H2,1-2H3,(H,18,19,21). The number of anilines is 1. The highest BCUT2D eigenvalue weighted by Crippen LogP contribution is 2.29. The second-order valence-corrected chi connectivity index (χ2v) is 6.54. The quantitative estimate of drug-likeness (QED) is 0.553. The molecule has 0 unspecified atom stereocenters. The van der Waals surface area contributed by atoms with Crippen molar-refractivity contribution >= 4 is 38.3 Å². The second-order valence-electron chi connectivity index (χ2n) is 5.51. The van der Waals surface area contributed by atoms with Crippen LogP contribution in [0.4, 0.5) is 10.8 Å². The number of thiazole rings is 1. The summed E-state index contributed by atoms with van der Waals surface area (Å²) in [7, 11) is 0. The van der Waals surface area contributed by atoms with E-state index in [0.717, 1.165) is 21.3 Å². The van der Waals surface area contributed by atoms with Gasteiger partial charge in [-0.15, -0.1) is 0 Å². The third-order valence-corrected chi connectivity index (χ3v) is 4.41. The summed E-state index contributed by atoms with van der Waals surface area (Å²) in [6, 6.07) is 9.97. The minimum Gasteiger partial charge on any atom is -0.477 e. The molecule has 0 spiro atoms. The predicted molar refractivity (Wildman–Crippen MR) is 96.3 cm³/mol. The summed E-state index contributed by atoms with van der Waals surface area (Å²) >= 11 is 1.38. The molecule has 2 aromatic carbocycles. The molecule has 1 N–H and O–H groups in total. The van der Waals surface area contributed by atoms with Crippen molar-refractivity contribution in [3.05, 3.63) is 57.6 Å². The maximum Gasteiger partial charge on any atom is 0.310 e. The molecule has 0 bridgehead atoms. The number of aryl methyl sites for hydroxylation is 2. The average Bonchev–Trinajstić information content (AvgIpc) is 2.95. The van der Waals surface area contributed by atoms with E-state index < -0.39 is 10.8 Å². The van der Waals surface area contributed by atoms with Gasteiger partial charge < -0.3 is 4.74 Å². The number of nitrogens with one attached hydrogen (secondary N) is 1. The molecule has 1 aromatic heterocycles. The summed E-state index contributed by atoms with van der Waals surface area (Å²) < 4.78 is 6.27. The first kappa shape index (κ1) is 16.8. The highest BCUT2D eigenvalue weighted by atomic mass is 32.1. The lowest BCUT2D eigenvalue weighted by molar-refractivity contribution is -0.385. The number of hydrogen-bond donors (Lipinski definition) is 1. The molecule has 0 aliphatic carbocycles. The first-order chi connectivity index (χ1) is 11.9. The van der Waals surface area contributed by atoms with Crippen molar-refractivity contribution < 1.29 is 14.5 Å². The van der Waals surface area contributed by atoms with E-state index in [9.17, 15) is 14.9 Å². The van der Waals surface area contributed by atoms with Gasteiger partial charge in [0.2, 0.25) is 0 Å². The molecule has 0 saturated heterocycles. The van der Waals surface area contributed by atoms with Crippen molar-refractivity contribution in [2.45, 2.75) is 13.8 Å². The first-order valence-electron chi connectivity index (χ1n) is 7.48. The van der Waals surface area contributed by atoms with E-state index in [1.54, 1.807) is 6.07 Å². The minimum atomic E-state index is -0.550. The van der Waals surface area contributed by atoms with Crippen molar-refractivity contribution in [3.63, 3.8) is 0 Å². The Morgan fingerprint density at radius 1 is 1.32 bits per heavy atom. The van der Waals surface area contributed by atoms with Gasteiger partial charge in [0.05, 0.1) is 15.1 Å². The van der Waals surface area contributed by atoms with E-state index in [1.807, 2.05) is 26.0 Å². The van der Waals surface area contributed by atoms with Crippen molar-refractivity contribution in [2.24, 2.45) is 0 Å². The van der Waals surface area contributed by atoms with E-state index in [1.165, 1.54) is 29.5 Å². The van der Waals surface area contributed by atoms with Crippen molar-refractivity contribution in [2.75, 3.05) is 11.9 Å². The Morgan fingerprint density at radius 2 is 2.08 bits per heavy atom. The molecule has 0 aliphatic heterocycles. The van der Waals surface area contributed by atoms with Crippen LogP contribution in [0.3, 0.4) is 0 Å². The van der Waals surface area contributed by atoms with Gasteiger partial charge in [0.25, 0.3) is 5.91 Å². The number of nitrogens with zero attached hydrogens (tertiary/aromatic N) is 2. The summed E-state index contributed by atoms with van der Waals surface area (Å²) in [5.41, 5.74) is 2.85. The van der Waals surface area contributed by atoms with E-state index in [2.05, 4.69) is 10.3 Å². The van der Waals surface area contributed by atoms with Gasteiger partial charge in [0, 0.05) is 6.07 Å². The van der Waals surface area contributed by atoms with Crippen LogP contribution in [0.1, 0.15) is 11.1 Å². The Morgan fingerprint density at radius 3 is 2.84 bits per heavy atom. The molecular formula is C17H15N3O4S. The zero-order valence-electron chi connectivity index (χ0n) is 13.6. The summed E-state index contributed by atoms with van der Waals surface area (Å²) in [6.45, 7) is 3.64. The van der Waals surface area contributed by atoms with Crippen LogP contribution in [0.5, 0.6) is 5.75 Å². The van der Waals surface area contributed by atoms with E-state index >= 15 is 0 Å². The number of nitro benzene ring substituents is 1. The lowest BCUT2D eigenvalue weighted by Gasteiger charge is -2.06. The molecule has 0 atom stereocenters. The van der Waals surface area contributed by atoms with Crippen molar-refractivity contribution in [1.82, 2.24) is 4.98 Å². The number of carbonyl (C=O) groups excluding carboxylic acids is 1. The SMILES string of the molecule is Cc1cc(C)c2nc(NC(=O)COc3ccccc3[N+](=O)[O-])sc2c1. The molecule has 128 valence electrons. The van der Waals surface area contributed by atoms with Gasteiger partial charge in [-0.1, -0.05) is 29.5 Å². The molecule has 3 aromatic rings. The van der Waals surface area contributed by atoms with Gasteiger partial charge >= 0.3 is 5.69 Å². The van der Waals surface area contributed by atoms with E-state index in [4.69, 9.17) is 4.74 Å². The number of fused-ring (bicyclic) bond motifs is 1. The fourth-order valence-electron chi connectivity index (χ4n) is 2.45. The topological polar surface area (TPSA) is 94.4 Å². The van der Waals surface area contributed by atoms with Crippen molar-refractivity contribution in [1.29, 1.82) is 0 Å². The number of aromatic nitrogens is 1. The summed E-state index contributed by atoms with van der Waals surface area (Å²) in [6.07, 6.45) is 0. The molecular weight excluding hydrogens is 342 g/mol. The molecule has 7 nitrogen and oxygen atoms in total. The molecule has 0 fully saturated rings. The van der Waals surface area contributed by atoms with Crippen LogP contribution in [-0.2, 0) is 4.79 Å². The van der Waals surface area contributed by atoms with Gasteiger partial charge in [-0.2, -0.15) is 0 Å². The fraction of sp³-hybridized carbons (Fsp3) is 0.176. The maximum absolute atomic E-state index is 12.1. The van der Waals surface area contributed by atoms with Gasteiger partial charge in [0.15, 0.2) is 17.5 Å². The first-order valence-corrected chi connectivity index (χ1v) is 8.29. The highest BCUT2D eigenvalue weighted by Gasteiger charge is 2.16. The Balaban J connectivity index is 1.69. The lowest BCUT2D eigenvalue weighted by atomic mass is 10.1. The normalized spacial score (nSPS) is 10.6. The summed E-state index contributed by atoms with van der Waals surface area (Å²) in [5, 5.41) is 14.1. The molecule has 1 amide bonds. The number of benzene rings is 2. The summed E-state index contributed by atoms with van der Waals surface area (Å²) in [5.74, 6) is -0.370. The Kier molecular flexibility index (Phi) is 4.62. The summed E-state index contributed by atoms with van der Waals surface area (Å²) in [4.78, 5) is 26.9. The van der Waals surface area contributed by atoms with Gasteiger partial charge in [0.1, 0.15) is 0 Å². The number of para-hydroxylation sites is 2. The smallest absolute Gasteiger partial charge is 0.310 e. The molecule has 0 saturated carbocycles. The van der Waals surface area contributed by atoms with Crippen molar-refractivity contribution in [3.8, 4) is 5.75 Å². The largest absolute Gasteiger partial charge is 0.477 e. The van der Waals surface area contributed by atoms with E-state index in [0.29, 0.717) is 5.13 Å². The maximum atomic E-state index is 12.1. The Labute approximate surface area is 147 Å². The monoisotopic (exact) mass is 357 g/mol. The third-order valence-electron chi connectivity index (χ3n) is 3.50. The molecule has 3 rings (SSSR count). The van der Waals surface area contributed by atoms with Gasteiger partial charge in [-0.05, 0) is 37.1 Å². The number of amides is 1. The predicted octanol–water partition coefficient (Wildman–Crippen LogP) is 3.84. The fourth-order valence-corrected chi connectivity index (χ4v) is 3.51.